The molecule has 1 rings (SSSR count). The Morgan fingerprint density at radius 2 is 2.00 bits per heavy atom. The first-order valence-corrected chi connectivity index (χ1v) is 7.02. The molecule has 0 aliphatic carbocycles. The van der Waals surface area contributed by atoms with Crippen molar-refractivity contribution in [3.8, 4) is 0 Å². The van der Waals surface area contributed by atoms with Crippen LogP contribution in [0.5, 0.6) is 0 Å². The van der Waals surface area contributed by atoms with Gasteiger partial charge in [-0.05, 0) is 32.7 Å². The van der Waals surface area contributed by atoms with Crippen molar-refractivity contribution in [1.29, 1.82) is 0 Å². The Morgan fingerprint density at radius 3 is 2.44 bits per heavy atom. The molecular formula is C13H24N2S. The van der Waals surface area contributed by atoms with E-state index in [-0.39, 0.29) is 0 Å². The summed E-state index contributed by atoms with van der Waals surface area (Å²) >= 11 is 1.85. The fraction of sp³-hybridized carbons (Fsp3) is 0.769. The summed E-state index contributed by atoms with van der Waals surface area (Å²) in [5.74, 6) is 0.696. The minimum absolute atomic E-state index is 0.620. The van der Waals surface area contributed by atoms with Crippen LogP contribution in [0.4, 0.5) is 0 Å². The summed E-state index contributed by atoms with van der Waals surface area (Å²) in [7, 11) is 0. The summed E-state index contributed by atoms with van der Waals surface area (Å²) in [4.78, 5) is 5.95. The van der Waals surface area contributed by atoms with E-state index in [1.165, 1.54) is 22.0 Å². The van der Waals surface area contributed by atoms with Gasteiger partial charge in [0.25, 0.3) is 0 Å². The molecule has 0 fully saturated rings. The molecule has 3 heteroatoms. The van der Waals surface area contributed by atoms with E-state index in [0.717, 1.165) is 13.0 Å². The predicted octanol–water partition coefficient (Wildman–Crippen LogP) is 3.33. The van der Waals surface area contributed by atoms with Gasteiger partial charge >= 0.3 is 0 Å². The molecule has 0 aliphatic heterocycles. The fourth-order valence-corrected chi connectivity index (χ4v) is 2.81. The predicted molar refractivity (Wildman–Crippen MR) is 72.2 cm³/mol. The fourth-order valence-electron chi connectivity index (χ4n) is 1.86. The lowest BCUT2D eigenvalue weighted by atomic mass is 9.99. The lowest BCUT2D eigenvalue weighted by Gasteiger charge is -2.21. The normalized spacial score (nSPS) is 13.4. The number of thiazole rings is 1. The van der Waals surface area contributed by atoms with Crippen molar-refractivity contribution in [3.05, 3.63) is 15.6 Å². The SMILES string of the molecule is CCNC(CCc1nc(C)c(C)s1)C(C)C. The molecule has 0 saturated heterocycles. The van der Waals surface area contributed by atoms with Gasteiger partial charge in [-0.25, -0.2) is 4.98 Å². The number of aryl methyl sites for hydroxylation is 3. The van der Waals surface area contributed by atoms with Crippen molar-refractivity contribution >= 4 is 11.3 Å². The number of hydrogen-bond donors (Lipinski definition) is 1. The van der Waals surface area contributed by atoms with Gasteiger partial charge in [-0.3, -0.25) is 0 Å². The molecule has 0 bridgehead atoms. The summed E-state index contributed by atoms with van der Waals surface area (Å²) in [5, 5.41) is 4.84. The van der Waals surface area contributed by atoms with Gasteiger partial charge in [-0.2, -0.15) is 0 Å². The van der Waals surface area contributed by atoms with Gasteiger partial charge in [0.05, 0.1) is 10.7 Å². The third-order valence-electron chi connectivity index (χ3n) is 3.01. The highest BCUT2D eigenvalue weighted by Gasteiger charge is 2.13. The minimum atomic E-state index is 0.620. The molecule has 1 N–H and O–H groups in total. The Labute approximate surface area is 103 Å². The van der Waals surface area contributed by atoms with Crippen LogP contribution in [0, 0.1) is 19.8 Å². The first-order valence-electron chi connectivity index (χ1n) is 6.20. The number of rotatable bonds is 6. The largest absolute Gasteiger partial charge is 0.314 e. The summed E-state index contributed by atoms with van der Waals surface area (Å²) in [5.41, 5.74) is 1.20. The van der Waals surface area contributed by atoms with E-state index in [4.69, 9.17) is 0 Å². The molecule has 2 nitrogen and oxygen atoms in total. The van der Waals surface area contributed by atoms with Crippen LogP contribution in [0.1, 0.15) is 42.8 Å². The Hall–Kier alpha value is -0.410. The molecule has 1 aromatic heterocycles. The zero-order valence-electron chi connectivity index (χ0n) is 11.1. The van der Waals surface area contributed by atoms with Crippen LogP contribution in [-0.2, 0) is 6.42 Å². The van der Waals surface area contributed by atoms with Crippen molar-refractivity contribution in [3.63, 3.8) is 0 Å². The summed E-state index contributed by atoms with van der Waals surface area (Å²) in [6, 6.07) is 0.620. The van der Waals surface area contributed by atoms with E-state index in [1.54, 1.807) is 0 Å². The molecule has 92 valence electrons. The molecule has 16 heavy (non-hydrogen) atoms. The molecular weight excluding hydrogens is 216 g/mol. The molecule has 0 aliphatic rings. The second-order valence-electron chi connectivity index (χ2n) is 4.70. The van der Waals surface area contributed by atoms with E-state index >= 15 is 0 Å². The van der Waals surface area contributed by atoms with Crippen molar-refractivity contribution in [2.24, 2.45) is 5.92 Å². The van der Waals surface area contributed by atoms with Crippen molar-refractivity contribution < 1.29 is 0 Å². The molecule has 0 saturated carbocycles. The number of nitrogens with one attached hydrogen (secondary N) is 1. The van der Waals surface area contributed by atoms with Crippen LogP contribution in [0.15, 0.2) is 0 Å². The highest BCUT2D eigenvalue weighted by molar-refractivity contribution is 7.11. The van der Waals surface area contributed by atoms with Crippen LogP contribution in [0.3, 0.4) is 0 Å². The molecule has 1 aromatic rings. The van der Waals surface area contributed by atoms with Gasteiger partial charge in [-0.15, -0.1) is 11.3 Å². The standard InChI is InChI=1S/C13H24N2S/c1-6-14-12(9(2)3)7-8-13-15-10(4)11(5)16-13/h9,12,14H,6-8H2,1-5H3. The maximum Gasteiger partial charge on any atom is 0.0931 e. The second-order valence-corrected chi connectivity index (χ2v) is 5.98. The Morgan fingerprint density at radius 1 is 1.31 bits per heavy atom. The zero-order chi connectivity index (χ0) is 12.1. The molecule has 0 aromatic carbocycles. The molecule has 0 radical (unpaired) electrons. The van der Waals surface area contributed by atoms with Crippen LogP contribution < -0.4 is 5.32 Å². The molecule has 1 atom stereocenters. The number of aromatic nitrogens is 1. The quantitative estimate of drug-likeness (QED) is 0.825. The summed E-state index contributed by atoms with van der Waals surface area (Å²) < 4.78 is 0. The monoisotopic (exact) mass is 240 g/mol. The molecule has 0 amide bonds. The van der Waals surface area contributed by atoms with Crippen LogP contribution in [0.2, 0.25) is 0 Å². The van der Waals surface area contributed by atoms with Gasteiger partial charge in [0.2, 0.25) is 0 Å². The highest BCUT2D eigenvalue weighted by Crippen LogP contribution is 2.19. The van der Waals surface area contributed by atoms with Crippen molar-refractivity contribution in [2.45, 2.75) is 53.5 Å². The zero-order valence-corrected chi connectivity index (χ0v) is 11.9. The van der Waals surface area contributed by atoms with Crippen LogP contribution in [0.25, 0.3) is 0 Å². The molecule has 1 heterocycles. The van der Waals surface area contributed by atoms with E-state index in [2.05, 4.69) is 44.9 Å². The van der Waals surface area contributed by atoms with E-state index in [0.29, 0.717) is 12.0 Å². The Bertz CT molecular complexity index is 298. The van der Waals surface area contributed by atoms with Gasteiger partial charge in [0.1, 0.15) is 0 Å². The van der Waals surface area contributed by atoms with Gasteiger partial charge < -0.3 is 5.32 Å². The number of hydrogen-bond acceptors (Lipinski definition) is 3. The van der Waals surface area contributed by atoms with Crippen molar-refractivity contribution in [2.75, 3.05) is 6.54 Å². The van der Waals surface area contributed by atoms with Gasteiger partial charge in [-0.1, -0.05) is 20.8 Å². The first kappa shape index (κ1) is 13.7. The average molecular weight is 240 g/mol. The maximum atomic E-state index is 4.59. The highest BCUT2D eigenvalue weighted by atomic mass is 32.1. The van der Waals surface area contributed by atoms with Crippen LogP contribution in [-0.4, -0.2) is 17.6 Å². The number of nitrogens with zero attached hydrogens (tertiary/aromatic N) is 1. The minimum Gasteiger partial charge on any atom is -0.314 e. The first-order chi connectivity index (χ1) is 7.54. The van der Waals surface area contributed by atoms with E-state index < -0.39 is 0 Å². The lowest BCUT2D eigenvalue weighted by molar-refractivity contribution is 0.385. The topological polar surface area (TPSA) is 24.9 Å². The van der Waals surface area contributed by atoms with Crippen molar-refractivity contribution in [1.82, 2.24) is 10.3 Å². The third kappa shape index (κ3) is 3.87. The van der Waals surface area contributed by atoms with Crippen LogP contribution >= 0.6 is 11.3 Å². The van der Waals surface area contributed by atoms with E-state index in [1.807, 2.05) is 11.3 Å². The summed E-state index contributed by atoms with van der Waals surface area (Å²) in [6.45, 7) is 12.0. The maximum absolute atomic E-state index is 4.59. The lowest BCUT2D eigenvalue weighted by Crippen LogP contribution is -2.34. The third-order valence-corrected chi connectivity index (χ3v) is 4.15. The molecule has 1 unspecified atom stereocenters. The smallest absolute Gasteiger partial charge is 0.0931 e. The Balaban J connectivity index is 2.48. The second kappa shape index (κ2) is 6.36. The Kier molecular flexibility index (Phi) is 5.42. The summed E-state index contributed by atoms with van der Waals surface area (Å²) in [6.07, 6.45) is 2.30. The van der Waals surface area contributed by atoms with Gasteiger partial charge in [0.15, 0.2) is 0 Å². The average Bonchev–Trinajstić information content (AvgIpc) is 2.53. The van der Waals surface area contributed by atoms with Gasteiger partial charge in [0, 0.05) is 17.3 Å². The van der Waals surface area contributed by atoms with E-state index in [9.17, 15) is 0 Å². The molecule has 0 spiro atoms.